The summed E-state index contributed by atoms with van der Waals surface area (Å²) in [7, 11) is 1.63. The van der Waals surface area contributed by atoms with Crippen LogP contribution in [0.3, 0.4) is 0 Å². The van der Waals surface area contributed by atoms with Crippen molar-refractivity contribution in [3.8, 4) is 5.75 Å². The average molecular weight is 281 g/mol. The van der Waals surface area contributed by atoms with Gasteiger partial charge in [-0.1, -0.05) is 12.1 Å². The van der Waals surface area contributed by atoms with Crippen LogP contribution < -0.4 is 4.74 Å². The van der Waals surface area contributed by atoms with Crippen molar-refractivity contribution < 1.29 is 14.6 Å². The van der Waals surface area contributed by atoms with E-state index in [1.54, 1.807) is 19.4 Å². The van der Waals surface area contributed by atoms with Crippen molar-refractivity contribution in [1.29, 1.82) is 0 Å². The number of hydrogen-bond acceptors (Lipinski definition) is 3. The van der Waals surface area contributed by atoms with Crippen LogP contribution in [0.2, 0.25) is 0 Å². The molecule has 0 saturated carbocycles. The smallest absolute Gasteiger partial charge is 0.328 e. The van der Waals surface area contributed by atoms with Gasteiger partial charge in [0, 0.05) is 12.3 Å². The van der Waals surface area contributed by atoms with Gasteiger partial charge >= 0.3 is 5.97 Å². The second-order valence-electron chi connectivity index (χ2n) is 4.29. The Bertz CT molecular complexity index is 655. The van der Waals surface area contributed by atoms with E-state index in [1.807, 2.05) is 48.5 Å². The fourth-order valence-electron chi connectivity index (χ4n) is 1.68. The number of ether oxygens (including phenoxy) is 1. The molecule has 0 spiro atoms. The third-order valence-corrected chi connectivity index (χ3v) is 2.79. The number of aliphatic imine (C=N–C) groups is 1. The van der Waals surface area contributed by atoms with E-state index in [2.05, 4.69) is 4.99 Å². The summed E-state index contributed by atoms with van der Waals surface area (Å²) in [5.41, 5.74) is 2.60. The number of methoxy groups -OCH3 is 1. The van der Waals surface area contributed by atoms with Crippen LogP contribution in [0, 0.1) is 0 Å². The lowest BCUT2D eigenvalue weighted by Gasteiger charge is -1.99. The molecule has 2 rings (SSSR count). The van der Waals surface area contributed by atoms with Crippen molar-refractivity contribution in [2.75, 3.05) is 7.11 Å². The van der Waals surface area contributed by atoms with E-state index in [9.17, 15) is 4.79 Å². The summed E-state index contributed by atoms with van der Waals surface area (Å²) in [6, 6.07) is 14.9. The third-order valence-electron chi connectivity index (χ3n) is 2.79. The second-order valence-corrected chi connectivity index (χ2v) is 4.29. The van der Waals surface area contributed by atoms with Gasteiger partial charge in [-0.2, -0.15) is 0 Å². The molecule has 0 aliphatic rings. The first-order chi connectivity index (χ1) is 10.2. The number of hydrogen-bond donors (Lipinski definition) is 1. The zero-order valence-electron chi connectivity index (χ0n) is 11.6. The second kappa shape index (κ2) is 7.05. The number of rotatable bonds is 5. The maximum Gasteiger partial charge on any atom is 0.328 e. The minimum Gasteiger partial charge on any atom is -0.497 e. The molecule has 0 bridgehead atoms. The number of carbonyl (C=O) groups is 1. The van der Waals surface area contributed by atoms with Gasteiger partial charge in [0.15, 0.2) is 0 Å². The molecule has 0 unspecified atom stereocenters. The molecule has 0 heterocycles. The van der Waals surface area contributed by atoms with E-state index in [0.29, 0.717) is 0 Å². The van der Waals surface area contributed by atoms with Crippen LogP contribution in [0.5, 0.6) is 5.75 Å². The van der Waals surface area contributed by atoms with Crippen LogP contribution in [0.15, 0.2) is 59.6 Å². The molecule has 0 amide bonds. The first-order valence-corrected chi connectivity index (χ1v) is 6.36. The van der Waals surface area contributed by atoms with Gasteiger partial charge in [0.1, 0.15) is 5.75 Å². The predicted octanol–water partition coefficient (Wildman–Crippen LogP) is 3.54. The summed E-state index contributed by atoms with van der Waals surface area (Å²) in [4.78, 5) is 14.8. The number of aliphatic carboxylic acids is 1. The minimum atomic E-state index is -0.961. The maximum absolute atomic E-state index is 10.4. The van der Waals surface area contributed by atoms with Gasteiger partial charge in [-0.05, 0) is 53.6 Å². The van der Waals surface area contributed by atoms with Gasteiger partial charge in [0.2, 0.25) is 0 Å². The molecule has 0 aliphatic carbocycles. The SMILES string of the molecule is COc1ccc(/C=N/c2ccc(/C=C/C(=O)O)cc2)cc1. The van der Waals surface area contributed by atoms with Crippen LogP contribution in [0.25, 0.3) is 6.08 Å². The molecule has 0 radical (unpaired) electrons. The topological polar surface area (TPSA) is 58.9 Å². The maximum atomic E-state index is 10.4. The number of benzene rings is 2. The summed E-state index contributed by atoms with van der Waals surface area (Å²) in [5, 5.41) is 8.56. The van der Waals surface area contributed by atoms with Gasteiger partial charge < -0.3 is 9.84 Å². The standard InChI is InChI=1S/C17H15NO3/c1-21-16-9-4-14(5-10-16)12-18-15-7-2-13(3-8-15)6-11-17(19)20/h2-12H,1H3,(H,19,20)/b11-6+,18-12+. The van der Waals surface area contributed by atoms with Crippen molar-refractivity contribution in [2.45, 2.75) is 0 Å². The first kappa shape index (κ1) is 14.5. The Hall–Kier alpha value is -2.88. The number of carboxylic acids is 1. The lowest BCUT2D eigenvalue weighted by Crippen LogP contribution is -1.85. The van der Waals surface area contributed by atoms with Gasteiger partial charge in [-0.15, -0.1) is 0 Å². The van der Waals surface area contributed by atoms with Crippen LogP contribution in [-0.4, -0.2) is 24.4 Å². The minimum absolute atomic E-state index is 0.804. The lowest BCUT2D eigenvalue weighted by molar-refractivity contribution is -0.131. The molecular weight excluding hydrogens is 266 g/mol. The molecule has 2 aromatic carbocycles. The van der Waals surface area contributed by atoms with Crippen molar-refractivity contribution in [3.63, 3.8) is 0 Å². The van der Waals surface area contributed by atoms with E-state index in [1.165, 1.54) is 0 Å². The molecule has 0 aliphatic heterocycles. The van der Waals surface area contributed by atoms with E-state index in [4.69, 9.17) is 9.84 Å². The summed E-state index contributed by atoms with van der Waals surface area (Å²) in [6.45, 7) is 0. The fraction of sp³-hybridized carbons (Fsp3) is 0.0588. The van der Waals surface area contributed by atoms with Crippen LogP contribution in [-0.2, 0) is 4.79 Å². The molecule has 0 saturated heterocycles. The summed E-state index contributed by atoms with van der Waals surface area (Å²) in [6.07, 6.45) is 4.41. The molecule has 106 valence electrons. The molecule has 4 heteroatoms. The lowest BCUT2D eigenvalue weighted by atomic mass is 10.2. The Morgan fingerprint density at radius 2 is 1.67 bits per heavy atom. The highest BCUT2D eigenvalue weighted by Crippen LogP contribution is 2.15. The molecule has 0 fully saturated rings. The average Bonchev–Trinajstić information content (AvgIpc) is 2.52. The van der Waals surface area contributed by atoms with E-state index in [-0.39, 0.29) is 0 Å². The highest BCUT2D eigenvalue weighted by atomic mass is 16.5. The molecule has 0 aromatic heterocycles. The zero-order chi connectivity index (χ0) is 15.1. The predicted molar refractivity (Wildman–Crippen MR) is 83.4 cm³/mol. The van der Waals surface area contributed by atoms with Crippen molar-refractivity contribution >= 4 is 23.9 Å². The summed E-state index contributed by atoms with van der Waals surface area (Å²) >= 11 is 0. The van der Waals surface area contributed by atoms with E-state index < -0.39 is 5.97 Å². The van der Waals surface area contributed by atoms with Gasteiger partial charge in [-0.3, -0.25) is 4.99 Å². The third kappa shape index (κ3) is 4.62. The molecule has 0 atom stereocenters. The Morgan fingerprint density at radius 1 is 1.05 bits per heavy atom. The first-order valence-electron chi connectivity index (χ1n) is 6.36. The largest absolute Gasteiger partial charge is 0.497 e. The number of nitrogens with zero attached hydrogens (tertiary/aromatic N) is 1. The molecular formula is C17H15NO3. The van der Waals surface area contributed by atoms with Crippen LogP contribution in [0.4, 0.5) is 5.69 Å². The fourth-order valence-corrected chi connectivity index (χ4v) is 1.68. The highest BCUT2D eigenvalue weighted by molar-refractivity contribution is 5.85. The van der Waals surface area contributed by atoms with Gasteiger partial charge in [0.25, 0.3) is 0 Å². The molecule has 21 heavy (non-hydrogen) atoms. The van der Waals surface area contributed by atoms with Crippen LogP contribution >= 0.6 is 0 Å². The van der Waals surface area contributed by atoms with Crippen molar-refractivity contribution in [2.24, 2.45) is 4.99 Å². The normalized spacial score (nSPS) is 11.1. The van der Waals surface area contributed by atoms with Gasteiger partial charge in [-0.25, -0.2) is 4.79 Å². The number of carboxylic acid groups (broad SMARTS) is 1. The molecule has 1 N–H and O–H groups in total. The van der Waals surface area contributed by atoms with Crippen molar-refractivity contribution in [1.82, 2.24) is 0 Å². The quantitative estimate of drug-likeness (QED) is 0.673. The Kier molecular flexibility index (Phi) is 4.88. The molecule has 2 aromatic rings. The Labute approximate surface area is 123 Å². The zero-order valence-corrected chi connectivity index (χ0v) is 11.6. The summed E-state index contributed by atoms with van der Waals surface area (Å²) in [5.74, 6) is -0.154. The van der Waals surface area contributed by atoms with E-state index in [0.717, 1.165) is 28.6 Å². The van der Waals surface area contributed by atoms with Crippen LogP contribution in [0.1, 0.15) is 11.1 Å². The Balaban J connectivity index is 2.05. The van der Waals surface area contributed by atoms with Gasteiger partial charge in [0.05, 0.1) is 12.8 Å². The monoisotopic (exact) mass is 281 g/mol. The van der Waals surface area contributed by atoms with Crippen molar-refractivity contribution in [3.05, 3.63) is 65.7 Å². The van der Waals surface area contributed by atoms with E-state index >= 15 is 0 Å². The molecule has 4 nitrogen and oxygen atoms in total. The Morgan fingerprint density at radius 3 is 2.24 bits per heavy atom. The summed E-state index contributed by atoms with van der Waals surface area (Å²) < 4.78 is 5.09. The highest BCUT2D eigenvalue weighted by Gasteiger charge is 1.93.